The summed E-state index contributed by atoms with van der Waals surface area (Å²) in [6, 6.07) is -9.64. The molecule has 25 atom stereocenters. The first-order valence-electron chi connectivity index (χ1n) is 32.8. The number of ether oxygens (including phenoxy) is 7. The van der Waals surface area contributed by atoms with Crippen LogP contribution in [0.1, 0.15) is 101 Å². The average Bonchev–Trinajstić information content (AvgIpc) is 0.811. The second-order valence-electron chi connectivity index (χ2n) is 25.0. The van der Waals surface area contributed by atoms with Crippen molar-refractivity contribution in [3.63, 3.8) is 0 Å². The predicted molar refractivity (Wildman–Crippen MR) is 360 cm³/mol. The van der Waals surface area contributed by atoms with Crippen LogP contribution in [0, 0.1) is 6.92 Å². The summed E-state index contributed by atoms with van der Waals surface area (Å²) in [5.41, 5.74) is 33.4. The Balaban J connectivity index is 1.18. The van der Waals surface area contributed by atoms with Crippen LogP contribution in [-0.4, -0.2) is 308 Å². The fraction of sp³-hybridized carbons (Fsp3) is 0.644. The Labute approximate surface area is 610 Å². The third kappa shape index (κ3) is 21.7. The maximum absolute atomic E-state index is 15.3. The fourth-order valence-electron chi connectivity index (χ4n) is 10.9. The number of aliphatic hydroxyl groups is 11. The Kier molecular flexibility index (Phi) is 31.2. The number of carbonyl (C=O) groups is 8. The maximum atomic E-state index is 15.3. The molecule has 4 aromatic heterocycles. The molecule has 4 aromatic rings. The molecule has 7 heterocycles. The monoisotopic (exact) mass is 1550 g/mol. The van der Waals surface area contributed by atoms with Crippen LogP contribution in [0.25, 0.3) is 10.7 Å². The first-order chi connectivity index (χ1) is 50.1. The lowest BCUT2D eigenvalue weighted by molar-refractivity contribution is -0.372. The summed E-state index contributed by atoms with van der Waals surface area (Å²) in [6.07, 6.45) is -37.1. The highest BCUT2D eigenvalue weighted by atomic mass is 32.1. The molecule has 0 aromatic carbocycles. The number of rotatable bonds is 37. The van der Waals surface area contributed by atoms with Crippen molar-refractivity contribution in [1.82, 2.24) is 67.1 Å². The van der Waals surface area contributed by atoms with Crippen LogP contribution in [-0.2, 0) is 57.1 Å². The molecule has 106 heavy (non-hydrogen) atoms. The molecule has 47 heteroatoms. The van der Waals surface area contributed by atoms with E-state index in [4.69, 9.17) is 67.6 Å². The first kappa shape index (κ1) is 85.3. The van der Waals surface area contributed by atoms with Gasteiger partial charge in [-0.1, -0.05) is 0 Å². The Bertz CT molecular complexity index is 3610. The molecule has 0 bridgehead atoms. The quantitative estimate of drug-likeness (QED) is 0.0147. The normalized spacial score (nSPS) is 27.5. The third-order valence-corrected chi connectivity index (χ3v) is 18.8. The smallest absolute Gasteiger partial charge is 0.404 e. The van der Waals surface area contributed by atoms with Crippen molar-refractivity contribution < 1.29 is 128 Å². The third-order valence-electron chi connectivity index (χ3n) is 17.1. The molecule has 3 fully saturated rings. The number of nitrogen functional groups attached to an aromatic ring is 1. The lowest BCUT2D eigenvalue weighted by Gasteiger charge is -2.47. The van der Waals surface area contributed by atoms with Gasteiger partial charge in [-0.15, -0.1) is 22.7 Å². The SMILES string of the molecule is CNCCCNC(=O)c1csc(-c2csc(C(O)C(NC(=O)[C@@H](NC(=O)C[C@H](O)[C@@H](C)NC(=O)[C@@H](NC(=O)c3nc([C@H](CC(N)=O)NC[C@H](N)C(N)=O)nc(N)c3C)[C@@H](O[C@@H]3O[C@@H](CO)[C@@H](O)[C@H](O)[C@@H]3O[C@H]3O[C@H](CO)[C@@H](O)[C@H](OC(N)=O)[C@@H]3O)c3cnc[nH]3)[C@@H](C)O)O[C@@H]3O[C@@H](C)[C@@H](N)[C@@H](O)[C@H]3O)n2)n1. The second kappa shape index (κ2) is 38.7. The number of aromatic amines is 1. The van der Waals surface area contributed by atoms with Crippen LogP contribution in [0.3, 0.4) is 0 Å². The predicted octanol–water partition coefficient (Wildman–Crippen LogP) is -11.0. The number of anilines is 1. The van der Waals surface area contributed by atoms with E-state index in [1.165, 1.54) is 24.6 Å². The van der Waals surface area contributed by atoms with Gasteiger partial charge in [0.1, 0.15) is 112 Å². The summed E-state index contributed by atoms with van der Waals surface area (Å²) in [6.45, 7) is 3.49. The number of imidazole rings is 1. The number of nitrogens with zero attached hydrogens (tertiary/aromatic N) is 5. The summed E-state index contributed by atoms with van der Waals surface area (Å²) in [4.78, 5) is 132. The number of aliphatic hydroxyl groups excluding tert-OH is 11. The van der Waals surface area contributed by atoms with E-state index in [9.17, 15) is 89.7 Å². The second-order valence-corrected chi connectivity index (χ2v) is 26.7. The number of hydrogen-bond acceptors (Lipinski definition) is 38. The van der Waals surface area contributed by atoms with Gasteiger partial charge in [0, 0.05) is 35.8 Å². The van der Waals surface area contributed by atoms with Crippen molar-refractivity contribution in [2.45, 2.75) is 200 Å². The van der Waals surface area contributed by atoms with Gasteiger partial charge in [0.25, 0.3) is 11.8 Å². The zero-order chi connectivity index (χ0) is 78.3. The van der Waals surface area contributed by atoms with Crippen molar-refractivity contribution in [1.29, 1.82) is 0 Å². The number of nitrogens with one attached hydrogen (secondary N) is 8. The van der Waals surface area contributed by atoms with Gasteiger partial charge < -0.3 is 166 Å². The van der Waals surface area contributed by atoms with E-state index in [-0.39, 0.29) is 32.7 Å². The zero-order valence-electron chi connectivity index (χ0n) is 57.5. The molecule has 31 N–H and O–H groups in total. The van der Waals surface area contributed by atoms with Gasteiger partial charge in [-0.05, 0) is 47.7 Å². The van der Waals surface area contributed by atoms with Crippen LogP contribution in [0.2, 0.25) is 0 Å². The van der Waals surface area contributed by atoms with Gasteiger partial charge in [0.2, 0.25) is 29.5 Å². The van der Waals surface area contributed by atoms with E-state index in [0.29, 0.717) is 19.5 Å². The lowest BCUT2D eigenvalue weighted by atomic mass is 9.97. The van der Waals surface area contributed by atoms with Crippen LogP contribution in [0.5, 0.6) is 0 Å². The number of primary amides is 3. The standard InChI is InChI=1S/C59H91N19O26S2/c1-18-33(75-48(77-46(18)63)23(9-30(61)83)69-11-22(60)47(64)92)50(94)76-35(43(24-12-67-17-70-24)101-58-45(39(88)36(85)28(13-79)100-58)102-57-41(90)44(103-59(65)97)37(86)29(14-80)99-57)52(96)71-19(2)27(82)10-31(84)74-34(20(3)81)51(95)78-53(104-56-40(89)38(87)32(62)21(4)98-56)42(91)55-73-26(16-106-55)54-72-25(15-105-54)49(93)68-8-6-7-66-5/h12,15-17,19-23,27-29,32,34-45,53,56-58,66,69,79-82,85-91H,6-11,13-14,60,62H2,1-5H3,(H2,61,83)(H2,64,92)(H2,65,97)(H,67,70)(H,68,93)(H,71,96)(H,74,84)(H,76,94)(H,78,95)(H2,63,75,77)/t19-,20-,21+,22+,23+,27+,28+,29-,32-,34+,35+,36-,37-,38-,39+,40-,41+,42?,43+,44+,45+,53?,56+,57-,58+/m1/s1. The van der Waals surface area contributed by atoms with Crippen molar-refractivity contribution >= 4 is 75.9 Å². The molecule has 3 aliphatic heterocycles. The molecule has 3 aliphatic rings. The topological polar surface area (TPSA) is 744 Å². The van der Waals surface area contributed by atoms with Crippen LogP contribution < -0.4 is 71.6 Å². The molecule has 2 unspecified atom stereocenters. The number of nitrogens with two attached hydrogens (primary N) is 6. The Morgan fingerprint density at radius 2 is 1.42 bits per heavy atom. The Hall–Kier alpha value is -7.93. The van der Waals surface area contributed by atoms with Gasteiger partial charge in [-0.25, -0.2) is 29.7 Å². The highest BCUT2D eigenvalue weighted by molar-refractivity contribution is 7.14. The highest BCUT2D eigenvalue weighted by Crippen LogP contribution is 2.36. The van der Waals surface area contributed by atoms with Crippen molar-refractivity contribution in [2.24, 2.45) is 28.7 Å². The molecule has 3 saturated heterocycles. The molecule has 0 saturated carbocycles. The summed E-state index contributed by atoms with van der Waals surface area (Å²) in [5.74, 6) is -8.28. The van der Waals surface area contributed by atoms with Gasteiger partial charge in [-0.3, -0.25) is 33.6 Å². The summed E-state index contributed by atoms with van der Waals surface area (Å²) >= 11 is 1.90. The van der Waals surface area contributed by atoms with Gasteiger partial charge in [-0.2, -0.15) is 0 Å². The maximum Gasteiger partial charge on any atom is 0.404 e. The zero-order valence-corrected chi connectivity index (χ0v) is 59.1. The van der Waals surface area contributed by atoms with Crippen LogP contribution in [0.15, 0.2) is 23.3 Å². The van der Waals surface area contributed by atoms with Crippen molar-refractivity contribution in [3.8, 4) is 10.7 Å². The fourth-order valence-corrected chi connectivity index (χ4v) is 12.5. The first-order valence-corrected chi connectivity index (χ1v) is 34.6. The summed E-state index contributed by atoms with van der Waals surface area (Å²) < 4.78 is 40.3. The van der Waals surface area contributed by atoms with Gasteiger partial charge in [0.15, 0.2) is 37.3 Å². The van der Waals surface area contributed by atoms with Gasteiger partial charge in [0.05, 0.1) is 80.3 Å². The van der Waals surface area contributed by atoms with E-state index in [0.717, 1.165) is 49.0 Å². The van der Waals surface area contributed by atoms with Crippen molar-refractivity contribution in [3.05, 3.63) is 56.8 Å². The van der Waals surface area contributed by atoms with Crippen LogP contribution >= 0.6 is 22.7 Å². The number of amides is 8. The Morgan fingerprint density at radius 1 is 0.736 bits per heavy atom. The van der Waals surface area contributed by atoms with Crippen LogP contribution in [0.4, 0.5) is 10.6 Å². The summed E-state index contributed by atoms with van der Waals surface area (Å²) in [5, 5.41) is 143. The lowest BCUT2D eigenvalue weighted by Crippen LogP contribution is -2.65. The number of aromatic nitrogens is 6. The largest absolute Gasteiger partial charge is 0.441 e. The molecule has 8 amide bonds. The molecule has 0 radical (unpaired) electrons. The molecular formula is C59H91N19O26S2. The molecule has 590 valence electrons. The minimum Gasteiger partial charge on any atom is -0.441 e. The van der Waals surface area contributed by atoms with E-state index >= 15 is 4.79 Å². The minimum absolute atomic E-state index is 0.0808. The number of thiazole rings is 2. The molecule has 45 nitrogen and oxygen atoms in total. The molecule has 7 rings (SSSR count). The van der Waals surface area contributed by atoms with Crippen molar-refractivity contribution in [2.75, 3.05) is 45.6 Å². The molecular weight excluding hydrogens is 1450 g/mol. The molecule has 0 spiro atoms. The highest BCUT2D eigenvalue weighted by Gasteiger charge is 2.54. The number of H-pyrrole nitrogens is 1. The van der Waals surface area contributed by atoms with Gasteiger partial charge >= 0.3 is 6.09 Å². The average molecular weight is 1550 g/mol. The molecule has 0 aliphatic carbocycles. The number of hydrogen-bond donors (Lipinski definition) is 25. The van der Waals surface area contributed by atoms with E-state index in [2.05, 4.69) is 67.1 Å². The van der Waals surface area contributed by atoms with E-state index in [1.54, 1.807) is 7.05 Å². The Morgan fingerprint density at radius 3 is 2.05 bits per heavy atom. The summed E-state index contributed by atoms with van der Waals surface area (Å²) in [7, 11) is 1.77. The van der Waals surface area contributed by atoms with E-state index < -0.39 is 250 Å². The van der Waals surface area contributed by atoms with E-state index in [1.807, 2.05) is 0 Å². The number of carbonyl (C=O) groups excluding carboxylic acids is 8. The minimum atomic E-state index is -2.26.